The highest BCUT2D eigenvalue weighted by Gasteiger charge is 2.25. The van der Waals surface area contributed by atoms with Crippen molar-refractivity contribution in [2.24, 2.45) is 0 Å². The van der Waals surface area contributed by atoms with Crippen molar-refractivity contribution in [3.05, 3.63) is 109 Å². The van der Waals surface area contributed by atoms with Gasteiger partial charge in [0.2, 0.25) is 0 Å². The van der Waals surface area contributed by atoms with E-state index in [0.29, 0.717) is 0 Å². The van der Waals surface area contributed by atoms with Gasteiger partial charge in [-0.25, -0.2) is 0 Å². The molecule has 0 radical (unpaired) electrons. The summed E-state index contributed by atoms with van der Waals surface area (Å²) < 4.78 is 25.7. The highest BCUT2D eigenvalue weighted by Crippen LogP contribution is 2.63. The summed E-state index contributed by atoms with van der Waals surface area (Å²) in [6.45, 7) is 0. The first-order chi connectivity index (χ1) is 19.8. The van der Waals surface area contributed by atoms with Gasteiger partial charge in [-0.1, -0.05) is 51.5 Å². The summed E-state index contributed by atoms with van der Waals surface area (Å²) in [5, 5.41) is 9.49. The van der Waals surface area contributed by atoms with E-state index in [4.69, 9.17) is 18.3 Å². The minimum absolute atomic E-state index is 0.825. The molecule has 4 heterocycles. The van der Waals surface area contributed by atoms with Crippen LogP contribution in [0.3, 0.4) is 0 Å². The summed E-state index contributed by atoms with van der Waals surface area (Å²) in [5.74, 6) is 3.63. The van der Waals surface area contributed by atoms with Crippen LogP contribution in [-0.4, -0.2) is 0 Å². The number of para-hydroxylation sites is 2. The van der Waals surface area contributed by atoms with Crippen LogP contribution >= 0.6 is 15.1 Å². The van der Waals surface area contributed by atoms with Crippen LogP contribution in [-0.2, 0) is 0 Å². The maximum atomic E-state index is 6.54. The molecule has 4 nitrogen and oxygen atoms in total. The number of fused-ring (bicyclic) bond motifs is 9. The highest BCUT2D eigenvalue weighted by atomic mass is 31.1. The van der Waals surface area contributed by atoms with E-state index in [1.54, 1.807) is 0 Å². The molecule has 0 saturated heterocycles. The molecule has 8 aromatic rings. The number of hydrogen-bond acceptors (Lipinski definition) is 4. The number of ether oxygens (including phenoxy) is 2. The molecule has 2 aliphatic rings. The summed E-state index contributed by atoms with van der Waals surface area (Å²) in [7, 11) is -1.65. The molecule has 2 aromatic heterocycles. The van der Waals surface area contributed by atoms with E-state index in [9.17, 15) is 0 Å². The minimum Gasteiger partial charge on any atom is -0.455 e. The fourth-order valence-electron chi connectivity index (χ4n) is 6.24. The Labute approximate surface area is 229 Å². The van der Waals surface area contributed by atoms with E-state index in [-0.39, 0.29) is 0 Å². The predicted octanol–water partition coefficient (Wildman–Crippen LogP) is 11.9. The zero-order chi connectivity index (χ0) is 25.9. The van der Waals surface area contributed by atoms with Crippen LogP contribution in [0.15, 0.2) is 118 Å². The molecular weight excluding hydrogens is 534 g/mol. The molecule has 6 aromatic carbocycles. The van der Waals surface area contributed by atoms with E-state index in [2.05, 4.69) is 60.7 Å². The van der Waals surface area contributed by atoms with Gasteiger partial charge in [0.1, 0.15) is 45.3 Å². The topological polar surface area (TPSA) is 44.7 Å². The Morgan fingerprint density at radius 1 is 0.400 bits per heavy atom. The van der Waals surface area contributed by atoms with Crippen molar-refractivity contribution in [1.29, 1.82) is 0 Å². The van der Waals surface area contributed by atoms with Crippen LogP contribution in [0.25, 0.3) is 64.2 Å². The van der Waals surface area contributed by atoms with Crippen molar-refractivity contribution < 1.29 is 18.3 Å². The third-order valence-electron chi connectivity index (χ3n) is 7.94. The highest BCUT2D eigenvalue weighted by molar-refractivity contribution is 7.68. The fourth-order valence-corrected chi connectivity index (χ4v) is 11.4. The molecule has 0 fully saturated rings. The van der Waals surface area contributed by atoms with Crippen molar-refractivity contribution in [1.82, 2.24) is 0 Å². The molecule has 10 rings (SSSR count). The third kappa shape index (κ3) is 2.72. The molecule has 6 heteroatoms. The first kappa shape index (κ1) is 21.2. The molecular formula is C34H18O4P2. The Balaban J connectivity index is 1.37. The molecule has 188 valence electrons. The summed E-state index contributed by atoms with van der Waals surface area (Å²) in [4.78, 5) is 0. The lowest BCUT2D eigenvalue weighted by atomic mass is 10.1. The van der Waals surface area contributed by atoms with Gasteiger partial charge < -0.3 is 18.3 Å². The van der Waals surface area contributed by atoms with Gasteiger partial charge in [-0.3, -0.25) is 0 Å². The minimum atomic E-state index is -0.825. The Kier molecular flexibility index (Phi) is 3.99. The van der Waals surface area contributed by atoms with Gasteiger partial charge in [0.25, 0.3) is 0 Å². The van der Waals surface area contributed by atoms with Crippen LogP contribution < -0.4 is 9.47 Å². The second-order valence-corrected chi connectivity index (χ2v) is 14.4. The van der Waals surface area contributed by atoms with Crippen LogP contribution in [0.1, 0.15) is 0 Å². The summed E-state index contributed by atoms with van der Waals surface area (Å²) >= 11 is 0. The SMILES string of the molecule is c1ccc2c(c1)Oc1cccc3oc4cc5cc6oc7cccc8c7p(c6cc5cc4p-2c13)-c1ccccc1O8. The number of benzene rings is 6. The van der Waals surface area contributed by atoms with E-state index < -0.39 is 15.1 Å². The molecule has 0 bridgehead atoms. The summed E-state index contributed by atoms with van der Waals surface area (Å²) in [6.07, 6.45) is 0. The Hall–Kier alpha value is -4.62. The van der Waals surface area contributed by atoms with Crippen LogP contribution in [0, 0.1) is 0 Å². The Morgan fingerprint density at radius 2 is 0.850 bits per heavy atom. The molecule has 2 unspecified atom stereocenters. The van der Waals surface area contributed by atoms with Crippen molar-refractivity contribution >= 4 is 68.6 Å². The predicted molar refractivity (Wildman–Crippen MR) is 164 cm³/mol. The molecule has 40 heavy (non-hydrogen) atoms. The van der Waals surface area contributed by atoms with Crippen molar-refractivity contribution in [3.63, 3.8) is 0 Å². The van der Waals surface area contributed by atoms with Gasteiger partial charge in [0.05, 0.1) is 10.2 Å². The second kappa shape index (κ2) is 7.52. The standard InChI is InChI=1S/C34H18O4P2/c1-3-13-29-21(7-1)35-23-9-5-11-25-33(23)39(29)31-17-20-18-32-28(16-19(20)15-27(31)37-25)38-26-12-6-10-24-34(26)40(32)30-14-4-2-8-22(30)36-24/h1-18H. The summed E-state index contributed by atoms with van der Waals surface area (Å²) in [5.41, 5.74) is 3.56. The first-order valence-corrected chi connectivity index (χ1v) is 15.9. The van der Waals surface area contributed by atoms with E-state index >= 15 is 0 Å². The van der Waals surface area contributed by atoms with E-state index in [1.165, 1.54) is 26.2 Å². The zero-order valence-corrected chi connectivity index (χ0v) is 22.7. The van der Waals surface area contributed by atoms with Crippen molar-refractivity contribution in [3.8, 4) is 33.6 Å². The Bertz CT molecular complexity index is 2280. The average Bonchev–Trinajstić information content (AvgIpc) is 2.99. The Morgan fingerprint density at radius 3 is 1.38 bits per heavy atom. The molecule has 0 saturated carbocycles. The number of hydrogen-bond donors (Lipinski definition) is 0. The number of rotatable bonds is 0. The molecule has 0 N–H and O–H groups in total. The van der Waals surface area contributed by atoms with Gasteiger partial charge in [-0.15, -0.1) is 0 Å². The van der Waals surface area contributed by atoms with Crippen LogP contribution in [0.2, 0.25) is 0 Å². The largest absolute Gasteiger partial charge is 0.455 e. The molecule has 0 amide bonds. The lowest BCUT2D eigenvalue weighted by Gasteiger charge is -2.23. The molecule has 2 atom stereocenters. The third-order valence-corrected chi connectivity index (χ3v) is 13.1. The maximum absolute atomic E-state index is 6.54. The molecule has 0 spiro atoms. The smallest absolute Gasteiger partial charge is 0.142 e. The van der Waals surface area contributed by atoms with E-state index in [1.807, 2.05) is 48.5 Å². The van der Waals surface area contributed by atoms with Gasteiger partial charge in [-0.2, -0.15) is 0 Å². The van der Waals surface area contributed by atoms with Gasteiger partial charge in [0.15, 0.2) is 0 Å². The van der Waals surface area contributed by atoms with Gasteiger partial charge in [0, 0.05) is 20.8 Å². The zero-order valence-electron chi connectivity index (χ0n) is 20.9. The van der Waals surface area contributed by atoms with Crippen molar-refractivity contribution in [2.75, 3.05) is 0 Å². The monoisotopic (exact) mass is 552 g/mol. The maximum Gasteiger partial charge on any atom is 0.142 e. The van der Waals surface area contributed by atoms with Gasteiger partial charge >= 0.3 is 0 Å². The van der Waals surface area contributed by atoms with Gasteiger partial charge in [-0.05, 0) is 83.6 Å². The van der Waals surface area contributed by atoms with Crippen molar-refractivity contribution in [2.45, 2.75) is 0 Å². The second-order valence-electron chi connectivity index (χ2n) is 10.2. The summed E-state index contributed by atoms with van der Waals surface area (Å²) in [6, 6.07) is 38.0. The fraction of sp³-hybridized carbons (Fsp3) is 0. The lowest BCUT2D eigenvalue weighted by Crippen LogP contribution is -1.93. The average molecular weight is 552 g/mol. The quantitative estimate of drug-likeness (QED) is 0.176. The van der Waals surface area contributed by atoms with E-state index in [0.717, 1.165) is 61.0 Å². The first-order valence-electron chi connectivity index (χ1n) is 13.2. The molecule has 0 aliphatic carbocycles. The van der Waals surface area contributed by atoms with Crippen LogP contribution in [0.5, 0.6) is 23.0 Å². The lowest BCUT2D eigenvalue weighted by molar-refractivity contribution is 0.489. The normalized spacial score (nSPS) is 13.8. The van der Waals surface area contributed by atoms with Crippen LogP contribution in [0.4, 0.5) is 0 Å². The molecule has 2 aliphatic heterocycles.